The Morgan fingerprint density at radius 1 is 1.26 bits per heavy atom. The fraction of sp³-hybridized carbons (Fsp3) is 0.467. The van der Waals surface area contributed by atoms with E-state index in [0.29, 0.717) is 12.3 Å². The lowest BCUT2D eigenvalue weighted by atomic mass is 9.94. The van der Waals surface area contributed by atoms with E-state index in [0.717, 1.165) is 18.7 Å². The Labute approximate surface area is 114 Å². The minimum Gasteiger partial charge on any atom is -0.387 e. The zero-order valence-electron chi connectivity index (χ0n) is 11.5. The van der Waals surface area contributed by atoms with E-state index >= 15 is 0 Å². The second kappa shape index (κ2) is 6.48. The van der Waals surface area contributed by atoms with Gasteiger partial charge in [0, 0.05) is 6.54 Å². The van der Waals surface area contributed by atoms with Crippen molar-refractivity contribution in [2.24, 2.45) is 0 Å². The molecule has 0 saturated carbocycles. The number of aryl methyl sites for hydroxylation is 1. The first-order valence-electron chi connectivity index (χ1n) is 6.83. The Bertz CT molecular complexity index is 495. The van der Waals surface area contributed by atoms with E-state index < -0.39 is 6.10 Å². The van der Waals surface area contributed by atoms with Crippen molar-refractivity contribution in [2.75, 3.05) is 0 Å². The zero-order valence-corrected chi connectivity index (χ0v) is 11.5. The van der Waals surface area contributed by atoms with Gasteiger partial charge in [-0.25, -0.2) is 4.68 Å². The molecule has 2 aromatic rings. The van der Waals surface area contributed by atoms with Crippen LogP contribution in [-0.4, -0.2) is 20.1 Å². The van der Waals surface area contributed by atoms with Crippen LogP contribution in [0.1, 0.15) is 50.0 Å². The molecule has 1 heterocycles. The van der Waals surface area contributed by atoms with Crippen LogP contribution < -0.4 is 0 Å². The maximum atomic E-state index is 10.3. The Morgan fingerprint density at radius 2 is 2.00 bits per heavy atom. The highest BCUT2D eigenvalue weighted by atomic mass is 16.3. The lowest BCUT2D eigenvalue weighted by Gasteiger charge is -2.17. The minimum absolute atomic E-state index is 0.307. The van der Waals surface area contributed by atoms with E-state index in [1.165, 1.54) is 5.56 Å². The van der Waals surface area contributed by atoms with Crippen molar-refractivity contribution >= 4 is 0 Å². The fourth-order valence-electron chi connectivity index (χ4n) is 2.28. The fourth-order valence-corrected chi connectivity index (χ4v) is 2.28. The molecule has 1 aromatic carbocycles. The summed E-state index contributed by atoms with van der Waals surface area (Å²) in [5, 5.41) is 18.3. The summed E-state index contributed by atoms with van der Waals surface area (Å²) in [5.74, 6) is 0.307. The van der Waals surface area contributed by atoms with Crippen molar-refractivity contribution in [3.05, 3.63) is 47.8 Å². The van der Waals surface area contributed by atoms with Crippen LogP contribution in [0, 0.1) is 0 Å². The Morgan fingerprint density at radius 3 is 2.68 bits per heavy atom. The van der Waals surface area contributed by atoms with E-state index in [9.17, 15) is 5.11 Å². The molecule has 0 amide bonds. The van der Waals surface area contributed by atoms with Crippen LogP contribution in [0.2, 0.25) is 0 Å². The highest BCUT2D eigenvalue weighted by Crippen LogP contribution is 2.27. The summed E-state index contributed by atoms with van der Waals surface area (Å²) >= 11 is 0. The van der Waals surface area contributed by atoms with Gasteiger partial charge in [-0.05, 0) is 24.3 Å². The van der Waals surface area contributed by atoms with Crippen molar-refractivity contribution in [2.45, 2.75) is 45.3 Å². The molecular formula is C15H21N3O. The normalized spacial score (nSPS) is 14.3. The summed E-state index contributed by atoms with van der Waals surface area (Å²) < 4.78 is 1.79. The van der Waals surface area contributed by atoms with Gasteiger partial charge in [-0.3, -0.25) is 0 Å². The largest absolute Gasteiger partial charge is 0.387 e. The first-order chi connectivity index (χ1) is 9.22. The Balaban J connectivity index is 2.04. The van der Waals surface area contributed by atoms with Crippen LogP contribution in [0.3, 0.4) is 0 Å². The first kappa shape index (κ1) is 13.7. The highest BCUT2D eigenvalue weighted by Gasteiger charge is 2.17. The van der Waals surface area contributed by atoms with Crippen molar-refractivity contribution in [1.82, 2.24) is 15.0 Å². The molecule has 0 radical (unpaired) electrons. The van der Waals surface area contributed by atoms with Crippen LogP contribution in [0.5, 0.6) is 0 Å². The second-order valence-corrected chi connectivity index (χ2v) is 4.95. The van der Waals surface area contributed by atoms with E-state index in [1.807, 2.05) is 18.2 Å². The zero-order chi connectivity index (χ0) is 13.7. The number of hydrogen-bond donors (Lipinski definition) is 1. The summed E-state index contributed by atoms with van der Waals surface area (Å²) in [7, 11) is 0. The average molecular weight is 259 g/mol. The maximum Gasteiger partial charge on any atom is 0.0978 e. The minimum atomic E-state index is -0.517. The quantitative estimate of drug-likeness (QED) is 0.867. The number of nitrogens with zero attached hydrogens (tertiary/aromatic N) is 3. The summed E-state index contributed by atoms with van der Waals surface area (Å²) in [6, 6.07) is 10.3. The first-order valence-corrected chi connectivity index (χ1v) is 6.83. The average Bonchev–Trinajstić information content (AvgIpc) is 2.88. The van der Waals surface area contributed by atoms with Gasteiger partial charge in [0.05, 0.1) is 18.0 Å². The Hall–Kier alpha value is -1.68. The molecule has 0 aliphatic carbocycles. The molecule has 19 heavy (non-hydrogen) atoms. The molecule has 1 N–H and O–H groups in total. The van der Waals surface area contributed by atoms with Gasteiger partial charge >= 0.3 is 0 Å². The highest BCUT2D eigenvalue weighted by molar-refractivity contribution is 5.19. The molecule has 0 aliphatic heterocycles. The molecule has 0 aliphatic rings. The Kier molecular flexibility index (Phi) is 4.68. The van der Waals surface area contributed by atoms with Gasteiger partial charge in [0.25, 0.3) is 0 Å². The molecule has 1 aromatic heterocycles. The summed E-state index contributed by atoms with van der Waals surface area (Å²) in [4.78, 5) is 0. The van der Waals surface area contributed by atoms with E-state index in [1.54, 1.807) is 10.9 Å². The molecule has 0 fully saturated rings. The van der Waals surface area contributed by atoms with E-state index in [2.05, 4.69) is 36.3 Å². The number of benzene rings is 1. The summed E-state index contributed by atoms with van der Waals surface area (Å²) in [5.41, 5.74) is 2.06. The third-order valence-corrected chi connectivity index (χ3v) is 3.37. The van der Waals surface area contributed by atoms with Gasteiger partial charge in [0.1, 0.15) is 0 Å². The van der Waals surface area contributed by atoms with Gasteiger partial charge in [0.2, 0.25) is 0 Å². The third-order valence-electron chi connectivity index (χ3n) is 3.37. The molecule has 0 saturated heterocycles. The molecule has 4 nitrogen and oxygen atoms in total. The monoisotopic (exact) mass is 259 g/mol. The lowest BCUT2D eigenvalue weighted by molar-refractivity contribution is 0.148. The maximum absolute atomic E-state index is 10.3. The van der Waals surface area contributed by atoms with Crippen molar-refractivity contribution in [3.63, 3.8) is 0 Å². The van der Waals surface area contributed by atoms with Crippen LogP contribution >= 0.6 is 0 Å². The van der Waals surface area contributed by atoms with Gasteiger partial charge < -0.3 is 5.11 Å². The molecule has 4 heteroatoms. The molecule has 2 unspecified atom stereocenters. The van der Waals surface area contributed by atoms with Crippen molar-refractivity contribution < 1.29 is 5.11 Å². The number of aliphatic hydroxyl groups is 1. The van der Waals surface area contributed by atoms with Gasteiger partial charge in [-0.15, -0.1) is 5.10 Å². The van der Waals surface area contributed by atoms with E-state index in [-0.39, 0.29) is 0 Å². The number of rotatable bonds is 6. The van der Waals surface area contributed by atoms with E-state index in [4.69, 9.17) is 0 Å². The lowest BCUT2D eigenvalue weighted by Crippen LogP contribution is -2.11. The molecule has 102 valence electrons. The summed E-state index contributed by atoms with van der Waals surface area (Å²) in [6.45, 7) is 5.02. The molecule has 2 rings (SSSR count). The third kappa shape index (κ3) is 3.41. The predicted octanol–water partition coefficient (Wildman–Crippen LogP) is 2.92. The van der Waals surface area contributed by atoms with Crippen LogP contribution in [-0.2, 0) is 6.54 Å². The molecular weight excluding hydrogens is 238 g/mol. The van der Waals surface area contributed by atoms with Crippen LogP contribution in [0.25, 0.3) is 0 Å². The second-order valence-electron chi connectivity index (χ2n) is 4.95. The number of hydrogen-bond acceptors (Lipinski definition) is 3. The van der Waals surface area contributed by atoms with Crippen molar-refractivity contribution in [3.8, 4) is 0 Å². The topological polar surface area (TPSA) is 50.9 Å². The van der Waals surface area contributed by atoms with Gasteiger partial charge in [-0.1, -0.05) is 49.4 Å². The molecule has 2 atom stereocenters. The summed E-state index contributed by atoms with van der Waals surface area (Å²) in [6.07, 6.45) is 2.81. The smallest absolute Gasteiger partial charge is 0.0978 e. The number of aromatic nitrogens is 3. The van der Waals surface area contributed by atoms with Gasteiger partial charge in [-0.2, -0.15) is 0 Å². The molecule has 0 bridgehead atoms. The SMILES string of the molecule is CCCn1nncc1C(O)CC(C)c1ccccc1. The molecule has 0 spiro atoms. The van der Waals surface area contributed by atoms with Crippen LogP contribution in [0.15, 0.2) is 36.5 Å². The number of aliphatic hydroxyl groups excluding tert-OH is 1. The van der Waals surface area contributed by atoms with Crippen molar-refractivity contribution in [1.29, 1.82) is 0 Å². The predicted molar refractivity (Wildman–Crippen MR) is 74.7 cm³/mol. The standard InChI is InChI=1S/C15H21N3O/c1-3-9-18-14(11-16-17-18)15(19)10-12(2)13-7-5-4-6-8-13/h4-8,11-12,15,19H,3,9-10H2,1-2H3. The van der Waals surface area contributed by atoms with Gasteiger partial charge in [0.15, 0.2) is 0 Å². The van der Waals surface area contributed by atoms with Crippen LogP contribution in [0.4, 0.5) is 0 Å².